The second kappa shape index (κ2) is 4.34. The summed E-state index contributed by atoms with van der Waals surface area (Å²) in [6.07, 6.45) is 5.32. The van der Waals surface area contributed by atoms with Gasteiger partial charge >= 0.3 is 0 Å². The van der Waals surface area contributed by atoms with Gasteiger partial charge in [0.1, 0.15) is 17.7 Å². The average molecular weight is 245 g/mol. The number of aromatic nitrogens is 6. The Morgan fingerprint density at radius 1 is 1.39 bits per heavy atom. The van der Waals surface area contributed by atoms with Crippen LogP contribution in [-0.2, 0) is 0 Å². The predicted molar refractivity (Wildman–Crippen MR) is 67.1 cm³/mol. The van der Waals surface area contributed by atoms with Gasteiger partial charge in [0.25, 0.3) is 0 Å². The Labute approximate surface area is 103 Å². The number of hydrogen-bond acceptors (Lipinski definition) is 5. The van der Waals surface area contributed by atoms with E-state index in [0.717, 1.165) is 29.8 Å². The number of rotatable bonds is 4. The van der Waals surface area contributed by atoms with E-state index >= 15 is 0 Å². The Morgan fingerprint density at radius 3 is 3.11 bits per heavy atom. The summed E-state index contributed by atoms with van der Waals surface area (Å²) in [5, 5.41) is 8.48. The van der Waals surface area contributed by atoms with E-state index in [1.807, 2.05) is 4.40 Å². The molecule has 0 spiro atoms. The van der Waals surface area contributed by atoms with E-state index in [1.54, 1.807) is 12.7 Å². The molecule has 0 aromatic carbocycles. The van der Waals surface area contributed by atoms with Gasteiger partial charge in [0.15, 0.2) is 11.3 Å². The molecule has 3 N–H and O–H groups in total. The van der Waals surface area contributed by atoms with E-state index < -0.39 is 0 Å². The van der Waals surface area contributed by atoms with Crippen molar-refractivity contribution in [3.05, 3.63) is 18.5 Å². The Hall–Kier alpha value is -2.02. The fraction of sp³-hybridized carbons (Fsp3) is 0.455. The van der Waals surface area contributed by atoms with Gasteiger partial charge in [-0.3, -0.25) is 4.40 Å². The summed E-state index contributed by atoms with van der Waals surface area (Å²) in [7, 11) is 0. The van der Waals surface area contributed by atoms with E-state index in [9.17, 15) is 0 Å². The number of H-pyrrole nitrogens is 1. The lowest BCUT2D eigenvalue weighted by atomic mass is 10.1. The molecule has 94 valence electrons. The molecule has 3 aromatic rings. The number of imidazole rings is 1. The molecule has 7 nitrogen and oxygen atoms in total. The number of hydrogen-bond donors (Lipinski definition) is 2. The first-order valence-electron chi connectivity index (χ1n) is 6.04. The van der Waals surface area contributed by atoms with Crippen molar-refractivity contribution in [3.63, 3.8) is 0 Å². The molecule has 7 heteroatoms. The number of nitrogens with zero attached hydrogens (tertiary/aromatic N) is 5. The molecule has 0 saturated heterocycles. The third kappa shape index (κ3) is 1.63. The van der Waals surface area contributed by atoms with Crippen LogP contribution in [0.5, 0.6) is 0 Å². The summed E-state index contributed by atoms with van der Waals surface area (Å²) in [5.41, 5.74) is 7.79. The predicted octanol–water partition coefficient (Wildman–Crippen LogP) is 0.843. The Balaban J connectivity index is 2.08. The molecule has 0 aliphatic carbocycles. The molecule has 3 aromatic heterocycles. The Morgan fingerprint density at radius 2 is 2.28 bits per heavy atom. The second-order valence-corrected chi connectivity index (χ2v) is 4.43. The van der Waals surface area contributed by atoms with E-state index in [1.165, 1.54) is 0 Å². The highest BCUT2D eigenvalue weighted by Gasteiger charge is 2.15. The molecule has 1 unspecified atom stereocenters. The van der Waals surface area contributed by atoms with Gasteiger partial charge in [-0.1, -0.05) is 6.92 Å². The fourth-order valence-corrected chi connectivity index (χ4v) is 2.14. The molecule has 0 bridgehead atoms. The standard InChI is InChI=1S/C11H15N7/c1-7(3-2-4-12)10-16-17-11-8-9(14-5-13-8)15-6-18(10)11/h5-7H,2-4,12H2,1H3,(H,13,14). The maximum atomic E-state index is 5.53. The maximum absolute atomic E-state index is 5.53. The van der Waals surface area contributed by atoms with E-state index in [4.69, 9.17) is 5.73 Å². The van der Waals surface area contributed by atoms with Crippen LogP contribution >= 0.6 is 0 Å². The number of nitrogens with one attached hydrogen (secondary N) is 1. The number of aromatic amines is 1. The summed E-state index contributed by atoms with van der Waals surface area (Å²) in [6.45, 7) is 2.83. The smallest absolute Gasteiger partial charge is 0.189 e. The molecule has 18 heavy (non-hydrogen) atoms. The van der Waals surface area contributed by atoms with Crippen molar-refractivity contribution >= 4 is 16.8 Å². The Bertz CT molecular complexity index is 668. The van der Waals surface area contributed by atoms with Gasteiger partial charge in [0.2, 0.25) is 0 Å². The van der Waals surface area contributed by atoms with Gasteiger partial charge in [0, 0.05) is 5.92 Å². The topological polar surface area (TPSA) is 97.8 Å². The van der Waals surface area contributed by atoms with Crippen LogP contribution in [0.15, 0.2) is 12.7 Å². The van der Waals surface area contributed by atoms with Crippen LogP contribution in [0.3, 0.4) is 0 Å². The van der Waals surface area contributed by atoms with Crippen molar-refractivity contribution < 1.29 is 0 Å². The first-order valence-corrected chi connectivity index (χ1v) is 6.04. The lowest BCUT2D eigenvalue weighted by Crippen LogP contribution is -2.05. The summed E-state index contributed by atoms with van der Waals surface area (Å²) < 4.78 is 1.92. The minimum absolute atomic E-state index is 0.311. The molecule has 0 radical (unpaired) electrons. The molecule has 0 aliphatic rings. The highest BCUT2D eigenvalue weighted by atomic mass is 15.3. The first-order chi connectivity index (χ1) is 8.81. The van der Waals surface area contributed by atoms with Crippen molar-refractivity contribution in [1.82, 2.24) is 29.5 Å². The minimum atomic E-state index is 0.311. The lowest BCUT2D eigenvalue weighted by Gasteiger charge is -2.08. The van der Waals surface area contributed by atoms with Crippen molar-refractivity contribution in [3.8, 4) is 0 Å². The summed E-state index contributed by atoms with van der Waals surface area (Å²) in [4.78, 5) is 11.4. The summed E-state index contributed by atoms with van der Waals surface area (Å²) in [6, 6.07) is 0. The van der Waals surface area contributed by atoms with Crippen LogP contribution in [0.1, 0.15) is 31.5 Å². The van der Waals surface area contributed by atoms with Crippen LogP contribution in [0, 0.1) is 0 Å². The van der Waals surface area contributed by atoms with Gasteiger partial charge in [-0.25, -0.2) is 9.97 Å². The van der Waals surface area contributed by atoms with E-state index in [-0.39, 0.29) is 0 Å². The molecular weight excluding hydrogens is 230 g/mol. The van der Waals surface area contributed by atoms with E-state index in [0.29, 0.717) is 18.1 Å². The van der Waals surface area contributed by atoms with Gasteiger partial charge in [-0.2, -0.15) is 0 Å². The van der Waals surface area contributed by atoms with Gasteiger partial charge in [-0.05, 0) is 19.4 Å². The lowest BCUT2D eigenvalue weighted by molar-refractivity contribution is 0.602. The fourth-order valence-electron chi connectivity index (χ4n) is 2.14. The molecule has 1 atom stereocenters. The summed E-state index contributed by atoms with van der Waals surface area (Å²) >= 11 is 0. The molecule has 3 rings (SSSR count). The normalized spacial score (nSPS) is 13.4. The number of nitrogens with two attached hydrogens (primary N) is 1. The highest BCUT2D eigenvalue weighted by molar-refractivity contribution is 5.84. The van der Waals surface area contributed by atoms with Gasteiger partial charge in [-0.15, -0.1) is 10.2 Å². The third-order valence-electron chi connectivity index (χ3n) is 3.14. The van der Waals surface area contributed by atoms with Crippen molar-refractivity contribution in [2.24, 2.45) is 5.73 Å². The van der Waals surface area contributed by atoms with Crippen LogP contribution in [0.2, 0.25) is 0 Å². The van der Waals surface area contributed by atoms with Crippen molar-refractivity contribution in [1.29, 1.82) is 0 Å². The van der Waals surface area contributed by atoms with Crippen LogP contribution in [0.25, 0.3) is 16.8 Å². The zero-order valence-electron chi connectivity index (χ0n) is 10.2. The average Bonchev–Trinajstić information content (AvgIpc) is 3.00. The Kier molecular flexibility index (Phi) is 2.67. The van der Waals surface area contributed by atoms with Gasteiger partial charge in [0.05, 0.1) is 6.33 Å². The van der Waals surface area contributed by atoms with Crippen molar-refractivity contribution in [2.45, 2.75) is 25.7 Å². The molecule has 0 amide bonds. The first kappa shape index (κ1) is 11.1. The van der Waals surface area contributed by atoms with Crippen molar-refractivity contribution in [2.75, 3.05) is 6.54 Å². The quantitative estimate of drug-likeness (QED) is 0.709. The largest absolute Gasteiger partial charge is 0.340 e. The van der Waals surface area contributed by atoms with Crippen LogP contribution < -0.4 is 5.73 Å². The second-order valence-electron chi connectivity index (χ2n) is 4.43. The SMILES string of the molecule is CC(CCCN)c1nnc2c3[nH]cnc3ncn12. The molecule has 0 aliphatic heterocycles. The zero-order valence-corrected chi connectivity index (χ0v) is 10.2. The monoisotopic (exact) mass is 245 g/mol. The molecule has 0 saturated carbocycles. The molecular formula is C11H15N7. The third-order valence-corrected chi connectivity index (χ3v) is 3.14. The van der Waals surface area contributed by atoms with Crippen LogP contribution in [-0.4, -0.2) is 36.1 Å². The molecule has 3 heterocycles. The van der Waals surface area contributed by atoms with Crippen LogP contribution in [0.4, 0.5) is 0 Å². The van der Waals surface area contributed by atoms with E-state index in [2.05, 4.69) is 32.1 Å². The number of fused-ring (bicyclic) bond motifs is 3. The zero-order chi connectivity index (χ0) is 12.5. The maximum Gasteiger partial charge on any atom is 0.189 e. The highest BCUT2D eigenvalue weighted by Crippen LogP contribution is 2.21. The molecule has 0 fully saturated rings. The van der Waals surface area contributed by atoms with Gasteiger partial charge < -0.3 is 10.7 Å². The summed E-state index contributed by atoms with van der Waals surface area (Å²) in [5.74, 6) is 1.23. The minimum Gasteiger partial charge on any atom is -0.340 e.